The topological polar surface area (TPSA) is 29.5 Å². The van der Waals surface area contributed by atoms with Crippen LogP contribution in [0.3, 0.4) is 0 Å². The van der Waals surface area contributed by atoms with Gasteiger partial charge < -0.3 is 9.64 Å². The SMILES string of the molecule is O=c1cc(-c2cccc(-c3ccccc3-c3ccccc3)c2)sc(N2CCOCC2)c1. The number of nitrogens with zero attached hydrogens (tertiary/aromatic N) is 1. The molecule has 31 heavy (non-hydrogen) atoms. The van der Waals surface area contributed by atoms with E-state index in [1.54, 1.807) is 23.5 Å². The van der Waals surface area contributed by atoms with Gasteiger partial charge in [0.2, 0.25) is 0 Å². The minimum absolute atomic E-state index is 0.0466. The average Bonchev–Trinajstić information content (AvgIpc) is 2.85. The summed E-state index contributed by atoms with van der Waals surface area (Å²) in [5.74, 6) is 0. The zero-order valence-corrected chi connectivity index (χ0v) is 18.0. The third-order valence-electron chi connectivity index (χ3n) is 5.55. The van der Waals surface area contributed by atoms with Gasteiger partial charge in [0.15, 0.2) is 5.43 Å². The smallest absolute Gasteiger partial charge is 0.182 e. The highest BCUT2D eigenvalue weighted by Gasteiger charge is 2.14. The molecule has 4 aromatic rings. The van der Waals surface area contributed by atoms with Crippen molar-refractivity contribution in [2.24, 2.45) is 0 Å². The van der Waals surface area contributed by atoms with Crippen molar-refractivity contribution in [2.75, 3.05) is 31.2 Å². The van der Waals surface area contributed by atoms with E-state index in [0.717, 1.165) is 34.1 Å². The number of hydrogen-bond donors (Lipinski definition) is 0. The monoisotopic (exact) mass is 425 g/mol. The van der Waals surface area contributed by atoms with E-state index in [1.165, 1.54) is 16.7 Å². The van der Waals surface area contributed by atoms with Gasteiger partial charge in [-0.05, 0) is 33.9 Å². The second kappa shape index (κ2) is 8.88. The Kier molecular flexibility index (Phi) is 5.65. The second-order valence-electron chi connectivity index (χ2n) is 7.59. The van der Waals surface area contributed by atoms with Gasteiger partial charge in [-0.25, -0.2) is 0 Å². The molecular formula is C27H23NO2S. The van der Waals surface area contributed by atoms with Gasteiger partial charge in [0, 0.05) is 30.1 Å². The van der Waals surface area contributed by atoms with Crippen LogP contribution in [0.1, 0.15) is 0 Å². The van der Waals surface area contributed by atoms with E-state index in [1.807, 2.05) is 6.07 Å². The molecule has 0 radical (unpaired) electrons. The Hall–Kier alpha value is -3.21. The van der Waals surface area contributed by atoms with Crippen molar-refractivity contribution in [1.82, 2.24) is 0 Å². The Bertz CT molecular complexity index is 1240. The Morgan fingerprint density at radius 1 is 0.677 bits per heavy atom. The largest absolute Gasteiger partial charge is 0.378 e. The maximum atomic E-state index is 12.5. The van der Waals surface area contributed by atoms with E-state index < -0.39 is 0 Å². The molecule has 0 amide bonds. The number of benzene rings is 3. The lowest BCUT2D eigenvalue weighted by atomic mass is 9.93. The van der Waals surface area contributed by atoms with Crippen LogP contribution < -0.4 is 10.3 Å². The summed E-state index contributed by atoms with van der Waals surface area (Å²) in [5.41, 5.74) is 5.85. The molecule has 1 aliphatic heterocycles. The summed E-state index contributed by atoms with van der Waals surface area (Å²) in [7, 11) is 0. The van der Waals surface area contributed by atoms with Crippen molar-refractivity contribution in [3.05, 3.63) is 101 Å². The predicted octanol–water partition coefficient (Wildman–Crippen LogP) is 5.95. The minimum Gasteiger partial charge on any atom is -0.378 e. The first-order chi connectivity index (χ1) is 15.3. The number of ether oxygens (including phenoxy) is 1. The lowest BCUT2D eigenvalue weighted by Gasteiger charge is -2.28. The lowest BCUT2D eigenvalue weighted by molar-refractivity contribution is 0.123. The van der Waals surface area contributed by atoms with Crippen molar-refractivity contribution in [3.8, 4) is 32.7 Å². The van der Waals surface area contributed by atoms with E-state index in [4.69, 9.17) is 4.74 Å². The Morgan fingerprint density at radius 2 is 1.32 bits per heavy atom. The first kappa shape index (κ1) is 19.7. The molecule has 1 aliphatic rings. The minimum atomic E-state index is 0.0466. The van der Waals surface area contributed by atoms with Crippen molar-refractivity contribution < 1.29 is 4.74 Å². The third-order valence-corrected chi connectivity index (χ3v) is 6.70. The van der Waals surface area contributed by atoms with Crippen LogP contribution in [0.2, 0.25) is 0 Å². The van der Waals surface area contributed by atoms with E-state index in [9.17, 15) is 4.79 Å². The van der Waals surface area contributed by atoms with E-state index in [0.29, 0.717) is 13.2 Å². The predicted molar refractivity (Wildman–Crippen MR) is 130 cm³/mol. The molecule has 1 fully saturated rings. The van der Waals surface area contributed by atoms with Gasteiger partial charge in [-0.3, -0.25) is 4.79 Å². The first-order valence-electron chi connectivity index (χ1n) is 10.5. The van der Waals surface area contributed by atoms with Crippen LogP contribution >= 0.6 is 11.3 Å². The highest BCUT2D eigenvalue weighted by molar-refractivity contribution is 7.19. The number of morpholine rings is 1. The first-order valence-corrected chi connectivity index (χ1v) is 11.3. The zero-order chi connectivity index (χ0) is 21.0. The molecule has 0 spiro atoms. The fourth-order valence-corrected chi connectivity index (χ4v) is 5.12. The summed E-state index contributed by atoms with van der Waals surface area (Å²) < 4.78 is 5.46. The van der Waals surface area contributed by atoms with Crippen molar-refractivity contribution in [2.45, 2.75) is 0 Å². The van der Waals surface area contributed by atoms with Crippen LogP contribution in [0, 0.1) is 0 Å². The molecular weight excluding hydrogens is 402 g/mol. The van der Waals surface area contributed by atoms with E-state index in [-0.39, 0.29) is 5.43 Å². The summed E-state index contributed by atoms with van der Waals surface area (Å²) in [4.78, 5) is 15.7. The number of hydrogen-bond acceptors (Lipinski definition) is 4. The molecule has 0 aliphatic carbocycles. The van der Waals surface area contributed by atoms with Gasteiger partial charge in [-0.2, -0.15) is 0 Å². The van der Waals surface area contributed by atoms with Crippen LogP contribution in [0.25, 0.3) is 32.7 Å². The highest BCUT2D eigenvalue weighted by atomic mass is 32.1. The molecule has 3 aromatic carbocycles. The second-order valence-corrected chi connectivity index (χ2v) is 8.65. The van der Waals surface area contributed by atoms with Crippen LogP contribution in [-0.2, 0) is 4.74 Å². The van der Waals surface area contributed by atoms with Crippen LogP contribution in [0.4, 0.5) is 5.00 Å². The summed E-state index contributed by atoms with van der Waals surface area (Å²) in [5, 5.41) is 1.01. The molecule has 3 nitrogen and oxygen atoms in total. The molecule has 5 rings (SSSR count). The van der Waals surface area contributed by atoms with Gasteiger partial charge >= 0.3 is 0 Å². The summed E-state index contributed by atoms with van der Waals surface area (Å²) >= 11 is 1.67. The van der Waals surface area contributed by atoms with Crippen molar-refractivity contribution in [1.29, 1.82) is 0 Å². The zero-order valence-electron chi connectivity index (χ0n) is 17.2. The van der Waals surface area contributed by atoms with Gasteiger partial charge in [-0.1, -0.05) is 72.8 Å². The van der Waals surface area contributed by atoms with Crippen molar-refractivity contribution in [3.63, 3.8) is 0 Å². The maximum absolute atomic E-state index is 12.5. The molecule has 154 valence electrons. The molecule has 0 atom stereocenters. The summed E-state index contributed by atoms with van der Waals surface area (Å²) in [6.45, 7) is 3.06. The lowest BCUT2D eigenvalue weighted by Crippen LogP contribution is -2.36. The van der Waals surface area contributed by atoms with E-state index in [2.05, 4.69) is 77.7 Å². The third kappa shape index (κ3) is 4.31. The van der Waals surface area contributed by atoms with Gasteiger partial charge in [-0.15, -0.1) is 11.3 Å². The highest BCUT2D eigenvalue weighted by Crippen LogP contribution is 2.36. The Morgan fingerprint density at radius 3 is 2.10 bits per heavy atom. The van der Waals surface area contributed by atoms with E-state index >= 15 is 0 Å². The van der Waals surface area contributed by atoms with Crippen molar-refractivity contribution >= 4 is 16.3 Å². The molecule has 2 heterocycles. The van der Waals surface area contributed by atoms with Gasteiger partial charge in [0.1, 0.15) is 0 Å². The van der Waals surface area contributed by atoms with Gasteiger partial charge in [0.25, 0.3) is 0 Å². The molecule has 4 heteroatoms. The van der Waals surface area contributed by atoms with Crippen LogP contribution in [0.5, 0.6) is 0 Å². The average molecular weight is 426 g/mol. The fraction of sp³-hybridized carbons (Fsp3) is 0.148. The Labute approximate surface area is 186 Å². The molecule has 0 bridgehead atoms. The molecule has 1 aromatic heterocycles. The molecule has 1 saturated heterocycles. The van der Waals surface area contributed by atoms with Crippen LogP contribution in [-0.4, -0.2) is 26.3 Å². The molecule has 0 saturated carbocycles. The summed E-state index contributed by atoms with van der Waals surface area (Å²) in [6, 6.07) is 30.9. The van der Waals surface area contributed by atoms with Crippen LogP contribution in [0.15, 0.2) is 95.8 Å². The fourth-order valence-electron chi connectivity index (χ4n) is 3.99. The Balaban J connectivity index is 1.56. The normalized spacial score (nSPS) is 13.9. The quantitative estimate of drug-likeness (QED) is 0.405. The van der Waals surface area contributed by atoms with Gasteiger partial charge in [0.05, 0.1) is 18.2 Å². The standard InChI is InChI=1S/C27H23NO2S/c29-23-18-26(31-27(19-23)28-13-15-30-16-14-28)22-10-6-9-21(17-22)25-12-5-4-11-24(25)20-7-2-1-3-8-20/h1-12,17-19H,13-16H2. The maximum Gasteiger partial charge on any atom is 0.182 e. The molecule has 0 unspecified atom stereocenters. The number of rotatable bonds is 4. The number of anilines is 1. The molecule has 0 N–H and O–H groups in total. The summed E-state index contributed by atoms with van der Waals surface area (Å²) in [6.07, 6.45) is 0.